The highest BCUT2D eigenvalue weighted by Gasteiger charge is 2.13. The van der Waals surface area contributed by atoms with Gasteiger partial charge < -0.3 is 15.5 Å². The molecule has 0 heterocycles. The van der Waals surface area contributed by atoms with Crippen molar-refractivity contribution in [3.05, 3.63) is 64.7 Å². The Hall–Kier alpha value is -1.55. The molecule has 4 heteroatoms. The van der Waals surface area contributed by atoms with Gasteiger partial charge in [0.25, 0.3) is 0 Å². The van der Waals surface area contributed by atoms with Crippen LogP contribution in [0.25, 0.3) is 0 Å². The van der Waals surface area contributed by atoms with Gasteiger partial charge in [-0.05, 0) is 25.0 Å². The van der Waals surface area contributed by atoms with Crippen LogP contribution in [0.5, 0.6) is 5.75 Å². The summed E-state index contributed by atoms with van der Waals surface area (Å²) < 4.78 is 0. The molecule has 0 bridgehead atoms. The van der Waals surface area contributed by atoms with Crippen LogP contribution in [-0.2, 0) is 6.54 Å². The van der Waals surface area contributed by atoms with E-state index in [0.29, 0.717) is 18.0 Å². The number of para-hydroxylation sites is 1. The van der Waals surface area contributed by atoms with Crippen molar-refractivity contribution in [1.82, 2.24) is 5.32 Å². The fourth-order valence-corrected chi connectivity index (χ4v) is 2.41. The summed E-state index contributed by atoms with van der Waals surface area (Å²) in [7, 11) is 0. The number of hydrogen-bond donors (Lipinski definition) is 3. The number of rotatable bonds is 6. The number of aliphatic hydroxyl groups is 1. The van der Waals surface area contributed by atoms with Crippen LogP contribution in [0.1, 0.15) is 30.6 Å². The average molecular weight is 306 g/mol. The molecule has 0 aliphatic heterocycles. The molecule has 21 heavy (non-hydrogen) atoms. The quantitative estimate of drug-likeness (QED) is 0.763. The standard InChI is InChI=1S/C17H20ClNO2/c1-12(10-16(20)13-6-3-2-4-7-13)19-11-14-8-5-9-15(18)17(14)21/h2-9,12,16,19-21H,10-11H2,1H3. The zero-order chi connectivity index (χ0) is 15.2. The second-order valence-corrected chi connectivity index (χ2v) is 5.60. The van der Waals surface area contributed by atoms with E-state index in [-0.39, 0.29) is 11.8 Å². The molecule has 2 unspecified atom stereocenters. The Labute approximate surface area is 130 Å². The van der Waals surface area contributed by atoms with Gasteiger partial charge in [0.2, 0.25) is 0 Å². The Balaban J connectivity index is 1.87. The number of halogens is 1. The Kier molecular flexibility index (Phi) is 5.62. The number of phenols is 1. The lowest BCUT2D eigenvalue weighted by Crippen LogP contribution is -2.27. The van der Waals surface area contributed by atoms with Crippen molar-refractivity contribution in [2.24, 2.45) is 0 Å². The summed E-state index contributed by atoms with van der Waals surface area (Å²) in [6.07, 6.45) is 0.104. The normalized spacial score (nSPS) is 13.9. The minimum absolute atomic E-state index is 0.110. The van der Waals surface area contributed by atoms with Crippen LogP contribution in [0.4, 0.5) is 0 Å². The van der Waals surface area contributed by atoms with Gasteiger partial charge in [-0.25, -0.2) is 0 Å². The van der Waals surface area contributed by atoms with Crippen LogP contribution in [0.15, 0.2) is 48.5 Å². The lowest BCUT2D eigenvalue weighted by atomic mass is 10.0. The summed E-state index contributed by atoms with van der Waals surface area (Å²) in [4.78, 5) is 0. The number of hydrogen-bond acceptors (Lipinski definition) is 3. The highest BCUT2D eigenvalue weighted by atomic mass is 35.5. The molecule has 0 aliphatic carbocycles. The zero-order valence-corrected chi connectivity index (χ0v) is 12.7. The third-order valence-corrected chi connectivity index (χ3v) is 3.78. The van der Waals surface area contributed by atoms with Gasteiger partial charge in [-0.1, -0.05) is 54.1 Å². The van der Waals surface area contributed by atoms with Gasteiger partial charge in [-0.2, -0.15) is 0 Å². The minimum atomic E-state index is -0.498. The molecule has 0 aromatic heterocycles. The summed E-state index contributed by atoms with van der Waals surface area (Å²) in [5.41, 5.74) is 1.67. The van der Waals surface area contributed by atoms with E-state index in [4.69, 9.17) is 11.6 Å². The smallest absolute Gasteiger partial charge is 0.138 e. The van der Waals surface area contributed by atoms with Crippen molar-refractivity contribution >= 4 is 11.6 Å². The second kappa shape index (κ2) is 7.46. The summed E-state index contributed by atoms with van der Waals surface area (Å²) in [6.45, 7) is 2.52. The molecule has 0 amide bonds. The van der Waals surface area contributed by atoms with Crippen LogP contribution >= 0.6 is 11.6 Å². The van der Waals surface area contributed by atoms with Gasteiger partial charge >= 0.3 is 0 Å². The first-order valence-electron chi connectivity index (χ1n) is 7.00. The highest BCUT2D eigenvalue weighted by Crippen LogP contribution is 2.27. The van der Waals surface area contributed by atoms with Gasteiger partial charge in [-0.3, -0.25) is 0 Å². The maximum absolute atomic E-state index is 10.2. The summed E-state index contributed by atoms with van der Waals surface area (Å²) in [6, 6.07) is 15.0. The highest BCUT2D eigenvalue weighted by molar-refractivity contribution is 6.32. The van der Waals surface area contributed by atoms with E-state index >= 15 is 0 Å². The van der Waals surface area contributed by atoms with E-state index in [0.717, 1.165) is 11.1 Å². The molecule has 2 atom stereocenters. The van der Waals surface area contributed by atoms with Crippen molar-refractivity contribution < 1.29 is 10.2 Å². The molecular formula is C17H20ClNO2. The number of phenolic OH excluding ortho intramolecular Hbond substituents is 1. The average Bonchev–Trinajstić information content (AvgIpc) is 2.49. The van der Waals surface area contributed by atoms with Crippen molar-refractivity contribution in [1.29, 1.82) is 0 Å². The van der Waals surface area contributed by atoms with Crippen molar-refractivity contribution in [3.8, 4) is 5.75 Å². The zero-order valence-electron chi connectivity index (χ0n) is 12.0. The van der Waals surface area contributed by atoms with Gasteiger partial charge in [-0.15, -0.1) is 0 Å². The minimum Gasteiger partial charge on any atom is -0.506 e. The Bertz CT molecular complexity index is 574. The number of nitrogens with one attached hydrogen (secondary N) is 1. The monoisotopic (exact) mass is 305 g/mol. The first-order valence-corrected chi connectivity index (χ1v) is 7.38. The van der Waals surface area contributed by atoms with E-state index in [1.165, 1.54) is 0 Å². The molecule has 2 aromatic rings. The number of benzene rings is 2. The molecule has 112 valence electrons. The first kappa shape index (κ1) is 15.8. The van der Waals surface area contributed by atoms with Crippen molar-refractivity contribution in [2.45, 2.75) is 32.0 Å². The van der Waals surface area contributed by atoms with Crippen LogP contribution in [0, 0.1) is 0 Å². The molecule has 0 saturated heterocycles. The van der Waals surface area contributed by atoms with Gasteiger partial charge in [0.15, 0.2) is 0 Å². The molecule has 3 N–H and O–H groups in total. The third kappa shape index (κ3) is 4.46. The topological polar surface area (TPSA) is 52.5 Å². The Morgan fingerprint density at radius 2 is 1.81 bits per heavy atom. The van der Waals surface area contributed by atoms with Crippen LogP contribution in [0.3, 0.4) is 0 Å². The maximum Gasteiger partial charge on any atom is 0.138 e. The Morgan fingerprint density at radius 1 is 1.10 bits per heavy atom. The van der Waals surface area contributed by atoms with Crippen LogP contribution < -0.4 is 5.32 Å². The van der Waals surface area contributed by atoms with E-state index in [2.05, 4.69) is 5.32 Å². The molecule has 0 radical (unpaired) electrons. The van der Waals surface area contributed by atoms with Gasteiger partial charge in [0.05, 0.1) is 11.1 Å². The van der Waals surface area contributed by atoms with E-state index in [1.54, 1.807) is 6.07 Å². The van der Waals surface area contributed by atoms with Crippen LogP contribution in [-0.4, -0.2) is 16.3 Å². The van der Waals surface area contributed by atoms with Gasteiger partial charge in [0.1, 0.15) is 5.75 Å². The summed E-state index contributed by atoms with van der Waals surface area (Å²) in [5.74, 6) is 0.113. The molecule has 3 nitrogen and oxygen atoms in total. The maximum atomic E-state index is 10.2. The van der Waals surface area contributed by atoms with E-state index in [9.17, 15) is 10.2 Å². The molecule has 0 fully saturated rings. The summed E-state index contributed by atoms with van der Waals surface area (Å²) >= 11 is 5.88. The second-order valence-electron chi connectivity index (χ2n) is 5.19. The lowest BCUT2D eigenvalue weighted by Gasteiger charge is -2.18. The fraction of sp³-hybridized carbons (Fsp3) is 0.294. The summed E-state index contributed by atoms with van der Waals surface area (Å²) in [5, 5.41) is 23.7. The predicted molar refractivity (Wildman–Crippen MR) is 85.4 cm³/mol. The molecule has 2 rings (SSSR count). The largest absolute Gasteiger partial charge is 0.506 e. The predicted octanol–water partition coefficient (Wildman–Crippen LogP) is 3.65. The molecule has 2 aromatic carbocycles. The Morgan fingerprint density at radius 3 is 2.52 bits per heavy atom. The third-order valence-electron chi connectivity index (χ3n) is 3.47. The van der Waals surface area contributed by atoms with Gasteiger partial charge in [0, 0.05) is 18.2 Å². The molecule has 0 saturated carbocycles. The SMILES string of the molecule is CC(CC(O)c1ccccc1)NCc1cccc(Cl)c1O. The van der Waals surface area contributed by atoms with Crippen molar-refractivity contribution in [3.63, 3.8) is 0 Å². The molecule has 0 aliphatic rings. The van der Waals surface area contributed by atoms with E-state index < -0.39 is 6.10 Å². The number of aromatic hydroxyl groups is 1. The fourth-order valence-electron chi connectivity index (χ4n) is 2.22. The van der Waals surface area contributed by atoms with E-state index in [1.807, 2.05) is 49.4 Å². The lowest BCUT2D eigenvalue weighted by molar-refractivity contribution is 0.154. The van der Waals surface area contributed by atoms with Crippen LogP contribution in [0.2, 0.25) is 5.02 Å². The molecule has 0 spiro atoms. The molecular weight excluding hydrogens is 286 g/mol. The first-order chi connectivity index (χ1) is 10.1. The number of aliphatic hydroxyl groups excluding tert-OH is 1. The van der Waals surface area contributed by atoms with Crippen molar-refractivity contribution in [2.75, 3.05) is 0 Å².